The van der Waals surface area contributed by atoms with Gasteiger partial charge in [0.25, 0.3) is 0 Å². The normalized spacial score (nSPS) is 59.0. The average Bonchev–Trinajstić information content (AvgIpc) is 3.20. The molecule has 6 aliphatic rings. The van der Waals surface area contributed by atoms with Crippen LogP contribution in [-0.4, -0.2) is 48.1 Å². The molecule has 0 aromatic carbocycles. The zero-order chi connectivity index (χ0) is 13.3. The highest BCUT2D eigenvalue weighted by molar-refractivity contribution is 9.10. The number of ether oxygens (including phenoxy) is 4. The highest BCUT2D eigenvalue weighted by Crippen LogP contribution is 2.85. The minimum Gasteiger partial charge on any atom is -0.346 e. The molecule has 6 atom stereocenters. The zero-order valence-electron chi connectivity index (χ0n) is 10.8. The van der Waals surface area contributed by atoms with E-state index < -0.39 is 11.6 Å². The molecule has 4 aliphatic carbocycles. The molecule has 0 N–H and O–H groups in total. The van der Waals surface area contributed by atoms with Gasteiger partial charge in [-0.2, -0.15) is 0 Å². The van der Waals surface area contributed by atoms with Crippen molar-refractivity contribution in [1.82, 2.24) is 0 Å². The number of Topliss-reactive ketones (excluding diaryl/α,β-unsaturated/α-hetero) is 1. The second-order valence-electron chi connectivity index (χ2n) is 6.89. The summed E-state index contributed by atoms with van der Waals surface area (Å²) in [4.78, 5) is 12.8. The molecule has 5 nitrogen and oxygen atoms in total. The van der Waals surface area contributed by atoms with Crippen LogP contribution in [0.15, 0.2) is 0 Å². The average molecular weight is 343 g/mol. The fourth-order valence-electron chi connectivity index (χ4n) is 6.41. The number of rotatable bonds is 0. The number of ketones is 1. The Hall–Kier alpha value is -0.0100. The minimum absolute atomic E-state index is 0.0703. The van der Waals surface area contributed by atoms with Gasteiger partial charge in [0.1, 0.15) is 0 Å². The molecular formula is C14H15BrO5. The van der Waals surface area contributed by atoms with Crippen LogP contribution in [0.1, 0.15) is 6.42 Å². The van der Waals surface area contributed by atoms with Crippen LogP contribution >= 0.6 is 15.9 Å². The number of halogens is 1. The van der Waals surface area contributed by atoms with Crippen LogP contribution in [-0.2, 0) is 23.7 Å². The molecule has 0 radical (unpaired) electrons. The number of hydrogen-bond acceptors (Lipinski definition) is 5. The van der Waals surface area contributed by atoms with Gasteiger partial charge in [0.05, 0.1) is 30.8 Å². The Balaban J connectivity index is 1.57. The maximum Gasteiger partial charge on any atom is 0.233 e. The van der Waals surface area contributed by atoms with Crippen LogP contribution in [0, 0.1) is 29.6 Å². The Morgan fingerprint density at radius 2 is 1.60 bits per heavy atom. The van der Waals surface area contributed by atoms with E-state index in [2.05, 4.69) is 15.9 Å². The van der Waals surface area contributed by atoms with Crippen molar-refractivity contribution < 1.29 is 23.7 Å². The molecule has 6 heteroatoms. The Labute approximate surface area is 124 Å². The van der Waals surface area contributed by atoms with E-state index in [-0.39, 0.29) is 33.8 Å². The molecule has 20 heavy (non-hydrogen) atoms. The van der Waals surface area contributed by atoms with Crippen LogP contribution < -0.4 is 0 Å². The van der Waals surface area contributed by atoms with Crippen LogP contribution in [0.4, 0.5) is 0 Å². The maximum atomic E-state index is 12.8. The summed E-state index contributed by atoms with van der Waals surface area (Å²) in [5, 5.41) is 0. The fraction of sp³-hybridized carbons (Fsp3) is 0.929. The van der Waals surface area contributed by atoms with E-state index in [1.54, 1.807) is 0 Å². The molecular weight excluding hydrogens is 328 g/mol. The van der Waals surface area contributed by atoms with Crippen LogP contribution in [0.2, 0.25) is 0 Å². The van der Waals surface area contributed by atoms with Crippen molar-refractivity contribution >= 4 is 21.7 Å². The number of carbonyl (C=O) groups is 1. The van der Waals surface area contributed by atoms with Crippen molar-refractivity contribution in [1.29, 1.82) is 0 Å². The second kappa shape index (κ2) is 3.04. The number of hydrogen-bond donors (Lipinski definition) is 0. The summed E-state index contributed by atoms with van der Waals surface area (Å²) in [6, 6.07) is 0. The lowest BCUT2D eigenvalue weighted by molar-refractivity contribution is -0.224. The molecule has 2 saturated heterocycles. The molecule has 6 rings (SSSR count). The third kappa shape index (κ3) is 0.792. The van der Waals surface area contributed by atoms with Gasteiger partial charge in [-0.1, -0.05) is 15.9 Å². The minimum atomic E-state index is -0.997. The van der Waals surface area contributed by atoms with Crippen molar-refractivity contribution in [2.75, 3.05) is 26.4 Å². The topological polar surface area (TPSA) is 54.0 Å². The van der Waals surface area contributed by atoms with E-state index in [0.717, 1.165) is 6.42 Å². The smallest absolute Gasteiger partial charge is 0.233 e. The number of fused-ring (bicyclic) bond motifs is 3. The number of alkyl halides is 1. The first kappa shape index (κ1) is 11.5. The Morgan fingerprint density at radius 3 is 2.30 bits per heavy atom. The van der Waals surface area contributed by atoms with Crippen molar-refractivity contribution in [3.8, 4) is 0 Å². The van der Waals surface area contributed by atoms with E-state index in [4.69, 9.17) is 18.9 Å². The standard InChI is InChI=1S/C14H15BrO5/c15-12-6-5-7(14(12)19-3-4-20-14)9-10(12)8(6)11(16)13(9)17-1-2-18-13/h6-10H,1-5H2/t6-,7+,8-,9+,10-,12+/m1/s1. The van der Waals surface area contributed by atoms with Gasteiger partial charge < -0.3 is 18.9 Å². The molecule has 6 fully saturated rings. The van der Waals surface area contributed by atoms with Gasteiger partial charge in [-0.05, 0) is 18.3 Å². The predicted octanol–water partition coefficient (Wildman–Crippen LogP) is 0.701. The van der Waals surface area contributed by atoms with Crippen molar-refractivity contribution in [3.63, 3.8) is 0 Å². The summed E-state index contributed by atoms with van der Waals surface area (Å²) in [7, 11) is 0. The summed E-state index contributed by atoms with van der Waals surface area (Å²) in [5.41, 5.74) is 0. The first-order chi connectivity index (χ1) is 9.67. The Morgan fingerprint density at radius 1 is 0.950 bits per heavy atom. The van der Waals surface area contributed by atoms with Gasteiger partial charge >= 0.3 is 0 Å². The molecule has 108 valence electrons. The third-order valence-corrected chi connectivity index (χ3v) is 8.38. The zero-order valence-corrected chi connectivity index (χ0v) is 12.4. The molecule has 2 spiro atoms. The Bertz CT molecular complexity index is 538. The fourth-order valence-corrected chi connectivity index (χ4v) is 7.98. The van der Waals surface area contributed by atoms with Crippen molar-refractivity contribution in [2.45, 2.75) is 22.3 Å². The lowest BCUT2D eigenvalue weighted by atomic mass is 9.55. The monoisotopic (exact) mass is 342 g/mol. The van der Waals surface area contributed by atoms with Gasteiger partial charge in [0.2, 0.25) is 5.79 Å². The van der Waals surface area contributed by atoms with E-state index in [1.165, 1.54) is 0 Å². The molecule has 2 heterocycles. The highest BCUT2D eigenvalue weighted by atomic mass is 79.9. The van der Waals surface area contributed by atoms with Crippen molar-refractivity contribution in [2.24, 2.45) is 29.6 Å². The van der Waals surface area contributed by atoms with Gasteiger partial charge in [0.15, 0.2) is 11.6 Å². The molecule has 0 unspecified atom stereocenters. The largest absolute Gasteiger partial charge is 0.346 e. The first-order valence-electron chi connectivity index (χ1n) is 7.46. The molecule has 2 bridgehead atoms. The van der Waals surface area contributed by atoms with Gasteiger partial charge in [-0.3, -0.25) is 4.79 Å². The first-order valence-corrected chi connectivity index (χ1v) is 8.25. The SMILES string of the molecule is O=C1[C@H]2[C@@H]3[C@H]([C@@H]4C[C@H]2[C@@]3(Br)C42OCCO2)C12OCCO2. The van der Waals surface area contributed by atoms with Crippen molar-refractivity contribution in [3.05, 3.63) is 0 Å². The quantitative estimate of drug-likeness (QED) is 0.606. The summed E-state index contributed by atoms with van der Waals surface area (Å²) in [5.74, 6) is -0.441. The van der Waals surface area contributed by atoms with E-state index in [0.29, 0.717) is 32.3 Å². The third-order valence-electron chi connectivity index (χ3n) is 6.71. The molecule has 0 aromatic heterocycles. The lowest BCUT2D eigenvalue weighted by Crippen LogP contribution is -2.64. The van der Waals surface area contributed by atoms with E-state index in [9.17, 15) is 4.79 Å². The van der Waals surface area contributed by atoms with Gasteiger partial charge in [0, 0.05) is 17.8 Å². The highest BCUT2D eigenvalue weighted by Gasteiger charge is 2.94. The molecule has 0 amide bonds. The van der Waals surface area contributed by atoms with Gasteiger partial charge in [-0.15, -0.1) is 0 Å². The maximum absolute atomic E-state index is 12.8. The summed E-state index contributed by atoms with van der Waals surface area (Å²) >= 11 is 3.95. The van der Waals surface area contributed by atoms with Gasteiger partial charge in [-0.25, -0.2) is 0 Å². The molecule has 2 aliphatic heterocycles. The summed E-state index contributed by atoms with van der Waals surface area (Å²) < 4.78 is 23.7. The van der Waals surface area contributed by atoms with E-state index >= 15 is 0 Å². The predicted molar refractivity (Wildman–Crippen MR) is 68.0 cm³/mol. The number of carbonyl (C=O) groups excluding carboxylic acids is 1. The van der Waals surface area contributed by atoms with Crippen LogP contribution in [0.3, 0.4) is 0 Å². The molecule has 4 saturated carbocycles. The second-order valence-corrected chi connectivity index (χ2v) is 8.20. The Kier molecular flexibility index (Phi) is 1.75. The van der Waals surface area contributed by atoms with Crippen LogP contribution in [0.5, 0.6) is 0 Å². The van der Waals surface area contributed by atoms with E-state index in [1.807, 2.05) is 0 Å². The summed E-state index contributed by atoms with van der Waals surface area (Å²) in [6.07, 6.45) is 0.983. The molecule has 0 aromatic rings. The van der Waals surface area contributed by atoms with Crippen LogP contribution in [0.25, 0.3) is 0 Å². The lowest BCUT2D eigenvalue weighted by Gasteiger charge is -2.54. The summed E-state index contributed by atoms with van der Waals surface area (Å²) in [6.45, 7) is 2.32.